The standard InChI is InChI=1S/C23H35N3O2/c1-16(2)19-9-7-18(8-10-19)14-26(21-11-12-21)22(27)20-6-5-13-25(15-20)23(28)24-17(3)4/h7-10,16-17,20-21H,5-6,11-15H2,1-4H3,(H,24,28)/t20-/m1/s1. The van der Waals surface area contributed by atoms with Crippen molar-refractivity contribution in [1.29, 1.82) is 0 Å². The minimum absolute atomic E-state index is 0.0465. The van der Waals surface area contributed by atoms with Gasteiger partial charge < -0.3 is 15.1 Å². The van der Waals surface area contributed by atoms with Crippen LogP contribution < -0.4 is 5.32 Å². The van der Waals surface area contributed by atoms with E-state index in [2.05, 4.69) is 48.3 Å². The average molecular weight is 386 g/mol. The summed E-state index contributed by atoms with van der Waals surface area (Å²) >= 11 is 0. The fourth-order valence-electron chi connectivity index (χ4n) is 3.91. The maximum atomic E-state index is 13.3. The molecular weight excluding hydrogens is 350 g/mol. The van der Waals surface area contributed by atoms with Crippen LogP contribution in [0, 0.1) is 5.92 Å². The van der Waals surface area contributed by atoms with Crippen LogP contribution in [0.3, 0.4) is 0 Å². The Morgan fingerprint density at radius 1 is 1.11 bits per heavy atom. The number of likely N-dealkylation sites (tertiary alicyclic amines) is 1. The van der Waals surface area contributed by atoms with Gasteiger partial charge in [-0.25, -0.2) is 4.79 Å². The van der Waals surface area contributed by atoms with Crippen molar-refractivity contribution < 1.29 is 9.59 Å². The summed E-state index contributed by atoms with van der Waals surface area (Å²) < 4.78 is 0. The van der Waals surface area contributed by atoms with Crippen LogP contribution in [-0.4, -0.2) is 46.9 Å². The van der Waals surface area contributed by atoms with Crippen LogP contribution in [0.1, 0.15) is 70.4 Å². The van der Waals surface area contributed by atoms with Crippen molar-refractivity contribution in [2.75, 3.05) is 13.1 Å². The number of hydrogen-bond donors (Lipinski definition) is 1. The highest BCUT2D eigenvalue weighted by Crippen LogP contribution is 2.31. The van der Waals surface area contributed by atoms with Crippen molar-refractivity contribution >= 4 is 11.9 Å². The predicted molar refractivity (Wildman–Crippen MR) is 112 cm³/mol. The number of carbonyl (C=O) groups is 2. The number of nitrogens with zero attached hydrogens (tertiary/aromatic N) is 2. The molecule has 0 unspecified atom stereocenters. The summed E-state index contributed by atoms with van der Waals surface area (Å²) in [6, 6.07) is 9.09. The maximum absolute atomic E-state index is 13.3. The molecule has 0 aromatic heterocycles. The molecule has 1 atom stereocenters. The molecule has 1 aromatic rings. The molecule has 0 spiro atoms. The number of benzene rings is 1. The SMILES string of the molecule is CC(C)NC(=O)N1CCC[C@@H](C(=O)N(Cc2ccc(C(C)C)cc2)C2CC2)C1. The lowest BCUT2D eigenvalue weighted by atomic mass is 9.96. The number of nitrogens with one attached hydrogen (secondary N) is 1. The summed E-state index contributed by atoms with van der Waals surface area (Å²) in [6.07, 6.45) is 3.96. The first-order chi connectivity index (χ1) is 13.3. The Labute approximate surface area is 169 Å². The van der Waals surface area contributed by atoms with Gasteiger partial charge in [-0.2, -0.15) is 0 Å². The van der Waals surface area contributed by atoms with E-state index in [1.165, 1.54) is 11.1 Å². The number of carbonyl (C=O) groups excluding carboxylic acids is 2. The van der Waals surface area contributed by atoms with E-state index in [9.17, 15) is 9.59 Å². The van der Waals surface area contributed by atoms with E-state index in [0.29, 0.717) is 25.0 Å². The van der Waals surface area contributed by atoms with E-state index in [-0.39, 0.29) is 23.9 Å². The highest BCUT2D eigenvalue weighted by Gasteiger charge is 2.38. The molecule has 5 heteroatoms. The van der Waals surface area contributed by atoms with Gasteiger partial charge in [-0.3, -0.25) is 4.79 Å². The lowest BCUT2D eigenvalue weighted by Gasteiger charge is -2.35. The Balaban J connectivity index is 1.65. The van der Waals surface area contributed by atoms with Crippen LogP contribution in [0.25, 0.3) is 0 Å². The molecule has 2 fully saturated rings. The zero-order chi connectivity index (χ0) is 20.3. The normalized spacial score (nSPS) is 19.8. The lowest BCUT2D eigenvalue weighted by molar-refractivity contribution is -0.138. The van der Waals surface area contributed by atoms with Crippen molar-refractivity contribution in [3.8, 4) is 0 Å². The monoisotopic (exact) mass is 385 g/mol. The van der Waals surface area contributed by atoms with E-state index in [1.54, 1.807) is 0 Å². The molecule has 1 saturated heterocycles. The van der Waals surface area contributed by atoms with Gasteiger partial charge in [-0.1, -0.05) is 38.1 Å². The van der Waals surface area contributed by atoms with Crippen LogP contribution in [0.15, 0.2) is 24.3 Å². The van der Waals surface area contributed by atoms with Crippen LogP contribution in [-0.2, 0) is 11.3 Å². The summed E-state index contributed by atoms with van der Waals surface area (Å²) in [7, 11) is 0. The number of urea groups is 1. The van der Waals surface area contributed by atoms with Crippen LogP contribution in [0.5, 0.6) is 0 Å². The topological polar surface area (TPSA) is 52.7 Å². The number of hydrogen-bond acceptors (Lipinski definition) is 2. The molecule has 0 bridgehead atoms. The second kappa shape index (κ2) is 8.97. The average Bonchev–Trinajstić information content (AvgIpc) is 3.50. The molecular formula is C23H35N3O2. The van der Waals surface area contributed by atoms with Crippen LogP contribution in [0.2, 0.25) is 0 Å². The third-order valence-electron chi connectivity index (χ3n) is 5.74. The zero-order valence-electron chi connectivity index (χ0n) is 17.8. The van der Waals surface area contributed by atoms with Gasteiger partial charge >= 0.3 is 6.03 Å². The smallest absolute Gasteiger partial charge is 0.317 e. The molecule has 1 aliphatic carbocycles. The molecule has 154 valence electrons. The quantitative estimate of drug-likeness (QED) is 0.800. The van der Waals surface area contributed by atoms with Gasteiger partial charge in [0.1, 0.15) is 0 Å². The number of amides is 3. The summed E-state index contributed by atoms with van der Waals surface area (Å²) in [5.41, 5.74) is 2.52. The van der Waals surface area contributed by atoms with E-state index in [0.717, 1.165) is 32.2 Å². The Morgan fingerprint density at radius 3 is 2.36 bits per heavy atom. The first-order valence-corrected chi connectivity index (χ1v) is 10.8. The van der Waals surface area contributed by atoms with E-state index < -0.39 is 0 Å². The van der Waals surface area contributed by atoms with Gasteiger partial charge in [-0.05, 0) is 56.6 Å². The Bertz CT molecular complexity index is 680. The molecule has 1 aliphatic heterocycles. The molecule has 1 N–H and O–H groups in total. The van der Waals surface area contributed by atoms with Crippen molar-refractivity contribution in [2.45, 2.75) is 77.9 Å². The molecule has 5 nitrogen and oxygen atoms in total. The second-order valence-electron chi connectivity index (χ2n) is 8.98. The Hall–Kier alpha value is -2.04. The molecule has 1 heterocycles. The summed E-state index contributed by atoms with van der Waals surface area (Å²) in [6.45, 7) is 10.3. The number of rotatable bonds is 6. The molecule has 1 aromatic carbocycles. The summed E-state index contributed by atoms with van der Waals surface area (Å²) in [4.78, 5) is 29.6. The fourth-order valence-corrected chi connectivity index (χ4v) is 3.91. The van der Waals surface area contributed by atoms with Crippen LogP contribution >= 0.6 is 0 Å². The van der Waals surface area contributed by atoms with E-state index in [1.807, 2.05) is 18.7 Å². The zero-order valence-corrected chi connectivity index (χ0v) is 17.8. The molecule has 28 heavy (non-hydrogen) atoms. The van der Waals surface area contributed by atoms with Gasteiger partial charge in [0.15, 0.2) is 0 Å². The first kappa shape index (κ1) is 20.7. The molecule has 3 amide bonds. The van der Waals surface area contributed by atoms with Gasteiger partial charge in [0.2, 0.25) is 5.91 Å². The van der Waals surface area contributed by atoms with E-state index in [4.69, 9.17) is 0 Å². The molecule has 3 rings (SSSR count). The minimum atomic E-state index is -0.0813. The summed E-state index contributed by atoms with van der Waals surface area (Å²) in [5.74, 6) is 0.653. The van der Waals surface area contributed by atoms with Crippen molar-refractivity contribution in [3.05, 3.63) is 35.4 Å². The van der Waals surface area contributed by atoms with Crippen molar-refractivity contribution in [3.63, 3.8) is 0 Å². The van der Waals surface area contributed by atoms with E-state index >= 15 is 0 Å². The second-order valence-corrected chi connectivity index (χ2v) is 8.98. The van der Waals surface area contributed by atoms with Crippen molar-refractivity contribution in [1.82, 2.24) is 15.1 Å². The largest absolute Gasteiger partial charge is 0.336 e. The lowest BCUT2D eigenvalue weighted by Crippen LogP contribution is -2.51. The molecule has 2 aliphatic rings. The van der Waals surface area contributed by atoms with Gasteiger partial charge in [0.25, 0.3) is 0 Å². The number of piperidine rings is 1. The minimum Gasteiger partial charge on any atom is -0.336 e. The Kier molecular flexibility index (Phi) is 6.63. The summed E-state index contributed by atoms with van der Waals surface area (Å²) in [5, 5.41) is 2.95. The Morgan fingerprint density at radius 2 is 1.79 bits per heavy atom. The van der Waals surface area contributed by atoms with Gasteiger partial charge in [0.05, 0.1) is 5.92 Å². The maximum Gasteiger partial charge on any atom is 0.317 e. The third-order valence-corrected chi connectivity index (χ3v) is 5.74. The van der Waals surface area contributed by atoms with Gasteiger partial charge in [0, 0.05) is 31.7 Å². The predicted octanol–water partition coefficient (Wildman–Crippen LogP) is 4.13. The van der Waals surface area contributed by atoms with Crippen molar-refractivity contribution in [2.24, 2.45) is 5.92 Å². The van der Waals surface area contributed by atoms with Crippen LogP contribution in [0.4, 0.5) is 4.79 Å². The fraction of sp³-hybridized carbons (Fsp3) is 0.652. The first-order valence-electron chi connectivity index (χ1n) is 10.8. The molecule has 1 saturated carbocycles. The highest BCUT2D eigenvalue weighted by molar-refractivity contribution is 5.81. The molecule has 0 radical (unpaired) electrons. The van der Waals surface area contributed by atoms with Gasteiger partial charge in [-0.15, -0.1) is 0 Å². The highest BCUT2D eigenvalue weighted by atomic mass is 16.2. The third kappa shape index (κ3) is 5.27.